The molecule has 0 unspecified atom stereocenters. The highest BCUT2D eigenvalue weighted by molar-refractivity contribution is 7.93. The van der Waals surface area contributed by atoms with Gasteiger partial charge in [0.2, 0.25) is 5.91 Å². The molecule has 2 N–H and O–H groups in total. The van der Waals surface area contributed by atoms with Crippen molar-refractivity contribution >= 4 is 27.6 Å². The highest BCUT2D eigenvalue weighted by Crippen LogP contribution is 2.37. The first kappa shape index (κ1) is 27.1. The van der Waals surface area contributed by atoms with Crippen molar-refractivity contribution in [2.75, 3.05) is 17.5 Å². The molecule has 0 saturated heterocycles. The van der Waals surface area contributed by atoms with E-state index < -0.39 is 33.8 Å². The zero-order valence-corrected chi connectivity index (χ0v) is 22.1. The fourth-order valence-electron chi connectivity index (χ4n) is 4.30. The Morgan fingerprint density at radius 3 is 2.39 bits per heavy atom. The van der Waals surface area contributed by atoms with E-state index in [9.17, 15) is 22.4 Å². The van der Waals surface area contributed by atoms with Gasteiger partial charge in [0.15, 0.2) is 11.6 Å². The first-order chi connectivity index (χ1) is 17.9. The van der Waals surface area contributed by atoms with E-state index in [-0.39, 0.29) is 41.2 Å². The number of nitrogens with one attached hydrogen (secondary N) is 1. The van der Waals surface area contributed by atoms with Gasteiger partial charge >= 0.3 is 5.97 Å². The van der Waals surface area contributed by atoms with Gasteiger partial charge in [-0.05, 0) is 52.9 Å². The molecule has 10 heteroatoms. The van der Waals surface area contributed by atoms with Gasteiger partial charge in [-0.25, -0.2) is 17.6 Å². The average molecular weight is 541 g/mol. The predicted molar refractivity (Wildman–Crippen MR) is 141 cm³/mol. The average Bonchev–Trinajstić information content (AvgIpc) is 3.27. The van der Waals surface area contributed by atoms with Crippen molar-refractivity contribution in [2.45, 2.75) is 43.5 Å². The van der Waals surface area contributed by atoms with E-state index in [1.807, 2.05) is 20.8 Å². The minimum Gasteiger partial charge on any atom is -0.489 e. The summed E-state index contributed by atoms with van der Waals surface area (Å²) >= 11 is 0. The van der Waals surface area contributed by atoms with Crippen LogP contribution in [-0.2, 0) is 26.7 Å². The molecule has 0 saturated carbocycles. The monoisotopic (exact) mass is 540 g/mol. The van der Waals surface area contributed by atoms with Gasteiger partial charge in [-0.15, -0.1) is 0 Å². The number of carboxylic acid groups (broad SMARTS) is 1. The topological polar surface area (TPSA) is 113 Å². The van der Waals surface area contributed by atoms with Crippen molar-refractivity contribution in [3.8, 4) is 5.75 Å². The van der Waals surface area contributed by atoms with Crippen LogP contribution in [0, 0.1) is 5.82 Å². The van der Waals surface area contributed by atoms with Crippen molar-refractivity contribution in [3.63, 3.8) is 0 Å². The summed E-state index contributed by atoms with van der Waals surface area (Å²) in [4.78, 5) is 24.2. The van der Waals surface area contributed by atoms with E-state index in [0.717, 1.165) is 21.5 Å². The van der Waals surface area contributed by atoms with Crippen LogP contribution in [0.1, 0.15) is 42.3 Å². The number of carboxylic acids is 1. The van der Waals surface area contributed by atoms with Crippen molar-refractivity contribution in [1.82, 2.24) is 5.32 Å². The number of fused-ring (bicyclic) bond motifs is 1. The number of sulfonamides is 1. The lowest BCUT2D eigenvalue weighted by Gasteiger charge is -2.27. The van der Waals surface area contributed by atoms with Gasteiger partial charge in [0.1, 0.15) is 12.6 Å². The van der Waals surface area contributed by atoms with E-state index >= 15 is 0 Å². The Labute approximate surface area is 221 Å². The molecule has 38 heavy (non-hydrogen) atoms. The van der Waals surface area contributed by atoms with Gasteiger partial charge in [-0.2, -0.15) is 0 Å². The zero-order valence-electron chi connectivity index (χ0n) is 21.3. The Kier molecular flexibility index (Phi) is 7.46. The number of halogens is 1. The molecule has 0 spiro atoms. The van der Waals surface area contributed by atoms with Crippen molar-refractivity contribution in [2.24, 2.45) is 0 Å². The predicted octanol–water partition coefficient (Wildman–Crippen LogP) is 4.14. The molecule has 8 nitrogen and oxygen atoms in total. The molecule has 1 aliphatic heterocycles. The van der Waals surface area contributed by atoms with E-state index in [4.69, 9.17) is 9.84 Å². The lowest BCUT2D eigenvalue weighted by molar-refractivity contribution is -0.122. The summed E-state index contributed by atoms with van der Waals surface area (Å²) in [6, 6.07) is 15.9. The third kappa shape index (κ3) is 5.50. The molecule has 200 valence electrons. The molecule has 3 aromatic carbocycles. The second kappa shape index (κ2) is 10.4. The van der Waals surface area contributed by atoms with Gasteiger partial charge in [-0.1, -0.05) is 51.1 Å². The summed E-state index contributed by atoms with van der Waals surface area (Å²) in [5.41, 5.74) is 1.82. The summed E-state index contributed by atoms with van der Waals surface area (Å²) in [6.45, 7) is 6.00. The van der Waals surface area contributed by atoms with E-state index in [1.54, 1.807) is 48.5 Å². The fraction of sp³-hybridized carbons (Fsp3) is 0.286. The molecular formula is C28H29FN2O6S. The largest absolute Gasteiger partial charge is 0.489 e. The summed E-state index contributed by atoms with van der Waals surface area (Å²) in [7, 11) is -4.06. The minimum atomic E-state index is -4.06. The number of para-hydroxylation sites is 1. The van der Waals surface area contributed by atoms with Gasteiger partial charge in [-0.3, -0.25) is 9.10 Å². The summed E-state index contributed by atoms with van der Waals surface area (Å²) < 4.78 is 48.1. The number of carbonyl (C=O) groups is 2. The van der Waals surface area contributed by atoms with E-state index in [0.29, 0.717) is 5.69 Å². The minimum absolute atomic E-state index is 0.0139. The molecule has 3 aromatic rings. The normalized spacial score (nSPS) is 15.2. The molecule has 0 aliphatic carbocycles. The third-order valence-corrected chi connectivity index (χ3v) is 8.18. The van der Waals surface area contributed by atoms with Crippen LogP contribution in [0.4, 0.5) is 10.1 Å². The molecule has 0 radical (unpaired) electrons. The van der Waals surface area contributed by atoms with Gasteiger partial charge in [0.25, 0.3) is 10.0 Å². The Hall–Kier alpha value is -3.92. The number of hydrogen-bond acceptors (Lipinski definition) is 5. The Morgan fingerprint density at radius 2 is 1.76 bits per heavy atom. The van der Waals surface area contributed by atoms with Crippen molar-refractivity contribution in [3.05, 3.63) is 89.2 Å². The molecule has 0 fully saturated rings. The number of carbonyl (C=O) groups excluding carboxylic acids is 1. The zero-order chi connectivity index (χ0) is 27.7. The first-order valence-electron chi connectivity index (χ1n) is 12.1. The number of benzene rings is 3. The van der Waals surface area contributed by atoms with Crippen molar-refractivity contribution < 1.29 is 32.2 Å². The van der Waals surface area contributed by atoms with Crippen LogP contribution >= 0.6 is 0 Å². The summed E-state index contributed by atoms with van der Waals surface area (Å²) in [6.07, 6.45) is 0.202. The Morgan fingerprint density at radius 1 is 1.08 bits per heavy atom. The summed E-state index contributed by atoms with van der Waals surface area (Å²) in [5.74, 6) is -2.76. The lowest BCUT2D eigenvalue weighted by Crippen LogP contribution is -2.48. The Bertz CT molecular complexity index is 1470. The van der Waals surface area contributed by atoms with E-state index in [2.05, 4.69) is 5.32 Å². The van der Waals surface area contributed by atoms with Crippen molar-refractivity contribution in [1.29, 1.82) is 0 Å². The number of ether oxygens (including phenoxy) is 1. The fourth-order valence-corrected chi connectivity index (χ4v) is 5.95. The molecule has 1 heterocycles. The van der Waals surface area contributed by atoms with Crippen LogP contribution in [0.2, 0.25) is 0 Å². The Balaban J connectivity index is 1.49. The SMILES string of the molecule is CC(C)(C)c1ccc(S(=O)(=O)N2c3ccccc3C[C@H]2C(=O)NCCOc2ccc(C(=O)O)cc2F)cc1. The van der Waals surface area contributed by atoms with Crippen LogP contribution in [0.25, 0.3) is 0 Å². The third-order valence-electron chi connectivity index (χ3n) is 6.34. The van der Waals surface area contributed by atoms with Crippen LogP contribution < -0.4 is 14.4 Å². The number of nitrogens with zero attached hydrogens (tertiary/aromatic N) is 1. The van der Waals surface area contributed by atoms with Gasteiger partial charge in [0.05, 0.1) is 22.7 Å². The highest BCUT2D eigenvalue weighted by atomic mass is 32.2. The van der Waals surface area contributed by atoms with Crippen LogP contribution in [-0.4, -0.2) is 44.6 Å². The summed E-state index contributed by atoms with van der Waals surface area (Å²) in [5, 5.41) is 11.6. The molecule has 1 atom stereocenters. The standard InChI is InChI=1S/C28H29FN2O6S/c1-28(2,3)20-9-11-21(12-10-20)38(35,36)31-23-7-5-4-6-18(23)17-24(31)26(32)30-14-15-37-25-13-8-19(27(33)34)16-22(25)29/h4-13,16,24H,14-15,17H2,1-3H3,(H,30,32)(H,33,34)/t24-/m0/s1. The van der Waals surface area contributed by atoms with Crippen LogP contribution in [0.15, 0.2) is 71.6 Å². The van der Waals surface area contributed by atoms with E-state index in [1.165, 1.54) is 12.1 Å². The number of rotatable bonds is 8. The molecule has 0 bridgehead atoms. The van der Waals surface area contributed by atoms with Gasteiger partial charge in [0, 0.05) is 6.42 Å². The number of aromatic carboxylic acids is 1. The lowest BCUT2D eigenvalue weighted by atomic mass is 9.87. The van der Waals surface area contributed by atoms with Gasteiger partial charge < -0.3 is 15.2 Å². The molecular weight excluding hydrogens is 511 g/mol. The number of anilines is 1. The molecule has 1 amide bonds. The highest BCUT2D eigenvalue weighted by Gasteiger charge is 2.42. The van der Waals surface area contributed by atoms with Crippen LogP contribution in [0.3, 0.4) is 0 Å². The molecule has 4 rings (SSSR count). The number of amides is 1. The smallest absolute Gasteiger partial charge is 0.335 e. The second-order valence-corrected chi connectivity index (χ2v) is 11.8. The van der Waals surface area contributed by atoms with Crippen LogP contribution in [0.5, 0.6) is 5.75 Å². The quantitative estimate of drug-likeness (QED) is 0.416. The first-order valence-corrected chi connectivity index (χ1v) is 13.5. The maximum absolute atomic E-state index is 14.1. The maximum atomic E-state index is 14.1. The maximum Gasteiger partial charge on any atom is 0.335 e. The number of hydrogen-bond donors (Lipinski definition) is 2. The molecule has 0 aromatic heterocycles. The second-order valence-electron chi connectivity index (χ2n) is 10.0. The molecule has 1 aliphatic rings.